The van der Waals surface area contributed by atoms with Crippen molar-refractivity contribution in [2.45, 2.75) is 42.8 Å². The monoisotopic (exact) mass is 446 g/mol. The second-order valence-corrected chi connectivity index (χ2v) is 10.5. The predicted octanol–water partition coefficient (Wildman–Crippen LogP) is 2.81. The number of aromatic nitrogens is 5. The third kappa shape index (κ3) is 3.46. The van der Waals surface area contributed by atoms with Crippen LogP contribution in [0.25, 0.3) is 11.5 Å². The number of fused-ring (bicyclic) bond motifs is 1. The van der Waals surface area contributed by atoms with E-state index in [9.17, 15) is 8.42 Å². The number of sulfonamides is 1. The molecule has 30 heavy (non-hydrogen) atoms. The molecule has 0 unspecified atom stereocenters. The zero-order chi connectivity index (χ0) is 21.6. The first-order valence-electron chi connectivity index (χ1n) is 9.82. The Labute approximate surface area is 181 Å². The molecule has 0 bridgehead atoms. The van der Waals surface area contributed by atoms with E-state index in [1.165, 1.54) is 16.1 Å². The van der Waals surface area contributed by atoms with Gasteiger partial charge in [0.15, 0.2) is 11.0 Å². The average molecular weight is 447 g/mol. The van der Waals surface area contributed by atoms with Gasteiger partial charge in [-0.25, -0.2) is 8.42 Å². The van der Waals surface area contributed by atoms with Crippen molar-refractivity contribution in [2.75, 3.05) is 12.8 Å². The van der Waals surface area contributed by atoms with Crippen LogP contribution >= 0.6 is 11.8 Å². The van der Waals surface area contributed by atoms with Gasteiger partial charge >= 0.3 is 0 Å². The van der Waals surface area contributed by atoms with E-state index in [0.29, 0.717) is 35.3 Å². The maximum Gasteiger partial charge on any atom is 0.243 e. The lowest BCUT2D eigenvalue weighted by Crippen LogP contribution is -2.36. The van der Waals surface area contributed by atoms with E-state index >= 15 is 0 Å². The van der Waals surface area contributed by atoms with Crippen molar-refractivity contribution in [1.29, 1.82) is 0 Å². The van der Waals surface area contributed by atoms with Crippen LogP contribution in [0.2, 0.25) is 0 Å². The third-order valence-electron chi connectivity index (χ3n) is 5.62. The number of rotatable bonds is 5. The van der Waals surface area contributed by atoms with E-state index in [1.54, 1.807) is 12.1 Å². The van der Waals surface area contributed by atoms with Gasteiger partial charge < -0.3 is 4.57 Å². The SMILES string of the molecule is CSc1nnc(-c2nn(C)c3c2CN(S(=O)(=O)c2ccc(C(C)C)cc2)CC3)n1C. The fourth-order valence-electron chi connectivity index (χ4n) is 3.83. The quantitative estimate of drug-likeness (QED) is 0.560. The van der Waals surface area contributed by atoms with E-state index < -0.39 is 10.0 Å². The lowest BCUT2D eigenvalue weighted by Gasteiger charge is -2.27. The molecule has 1 aliphatic heterocycles. The van der Waals surface area contributed by atoms with Crippen LogP contribution in [-0.2, 0) is 37.1 Å². The maximum atomic E-state index is 13.3. The first-order chi connectivity index (χ1) is 14.2. The minimum atomic E-state index is -3.60. The van der Waals surface area contributed by atoms with Gasteiger partial charge in [-0.2, -0.15) is 9.40 Å². The summed E-state index contributed by atoms with van der Waals surface area (Å²) in [6, 6.07) is 7.20. The summed E-state index contributed by atoms with van der Waals surface area (Å²) in [6.07, 6.45) is 2.55. The van der Waals surface area contributed by atoms with Gasteiger partial charge in [-0.1, -0.05) is 37.7 Å². The first-order valence-corrected chi connectivity index (χ1v) is 12.5. The summed E-state index contributed by atoms with van der Waals surface area (Å²) in [5.41, 5.74) is 3.75. The van der Waals surface area contributed by atoms with Crippen molar-refractivity contribution in [3.8, 4) is 11.5 Å². The average Bonchev–Trinajstić information content (AvgIpc) is 3.27. The molecule has 0 amide bonds. The largest absolute Gasteiger partial charge is 0.304 e. The summed E-state index contributed by atoms with van der Waals surface area (Å²) in [6.45, 7) is 4.88. The molecule has 160 valence electrons. The Hall–Kier alpha value is -2.17. The molecule has 0 atom stereocenters. The number of nitrogens with zero attached hydrogens (tertiary/aromatic N) is 6. The summed E-state index contributed by atoms with van der Waals surface area (Å²) < 4.78 is 31.9. The van der Waals surface area contributed by atoms with Crippen LogP contribution in [0.5, 0.6) is 0 Å². The van der Waals surface area contributed by atoms with E-state index in [2.05, 4.69) is 29.1 Å². The van der Waals surface area contributed by atoms with Crippen LogP contribution in [0.3, 0.4) is 0 Å². The maximum absolute atomic E-state index is 13.3. The first kappa shape index (κ1) is 21.1. The molecule has 1 aromatic carbocycles. The zero-order valence-electron chi connectivity index (χ0n) is 17.8. The van der Waals surface area contributed by atoms with Crippen LogP contribution in [0.1, 0.15) is 36.6 Å². The van der Waals surface area contributed by atoms with Crippen molar-refractivity contribution in [1.82, 2.24) is 28.9 Å². The number of thioether (sulfide) groups is 1. The van der Waals surface area contributed by atoms with Gasteiger partial charge in [0.1, 0.15) is 5.69 Å². The molecule has 8 nitrogen and oxygen atoms in total. The summed E-state index contributed by atoms with van der Waals surface area (Å²) >= 11 is 1.51. The molecule has 0 aliphatic carbocycles. The second-order valence-electron chi connectivity index (χ2n) is 7.78. The summed E-state index contributed by atoms with van der Waals surface area (Å²) in [5.74, 6) is 1.01. The van der Waals surface area contributed by atoms with Crippen molar-refractivity contribution >= 4 is 21.8 Å². The lowest BCUT2D eigenvalue weighted by atomic mass is 10.0. The predicted molar refractivity (Wildman–Crippen MR) is 117 cm³/mol. The minimum Gasteiger partial charge on any atom is -0.304 e. The highest BCUT2D eigenvalue weighted by Crippen LogP contribution is 2.32. The van der Waals surface area contributed by atoms with Crippen LogP contribution < -0.4 is 0 Å². The molecule has 1 aliphatic rings. The fraction of sp³-hybridized carbons (Fsp3) is 0.450. The topological polar surface area (TPSA) is 85.9 Å². The normalized spacial score (nSPS) is 15.0. The van der Waals surface area contributed by atoms with Gasteiger partial charge in [0.05, 0.1) is 4.90 Å². The Kier molecular flexibility index (Phi) is 5.50. The third-order valence-corrected chi connectivity index (χ3v) is 8.20. The molecule has 10 heteroatoms. The van der Waals surface area contributed by atoms with Crippen molar-refractivity contribution < 1.29 is 8.42 Å². The highest BCUT2D eigenvalue weighted by atomic mass is 32.2. The minimum absolute atomic E-state index is 0.272. The standard InChI is InChI=1S/C20H26N6O2S2/c1-13(2)14-6-8-15(9-7-14)30(27,28)26-11-10-17-16(12-26)18(23-25(17)4)19-21-22-20(29-5)24(19)3/h6-9,13H,10-12H2,1-5H3. The van der Waals surface area contributed by atoms with Crippen molar-refractivity contribution in [3.63, 3.8) is 0 Å². The molecule has 0 saturated carbocycles. The summed E-state index contributed by atoms with van der Waals surface area (Å²) in [5, 5.41) is 13.9. The van der Waals surface area contributed by atoms with Crippen LogP contribution in [0.15, 0.2) is 34.3 Å². The van der Waals surface area contributed by atoms with Gasteiger partial charge in [0.25, 0.3) is 0 Å². The fourth-order valence-corrected chi connectivity index (χ4v) is 5.72. The summed E-state index contributed by atoms with van der Waals surface area (Å²) in [4.78, 5) is 0.323. The molecule has 0 fully saturated rings. The molecule has 4 rings (SSSR count). The van der Waals surface area contributed by atoms with E-state index in [0.717, 1.165) is 22.0 Å². The Bertz CT molecular complexity index is 1180. The Balaban J connectivity index is 1.70. The molecular weight excluding hydrogens is 420 g/mol. The van der Waals surface area contributed by atoms with Gasteiger partial charge in [-0.3, -0.25) is 4.68 Å². The second kappa shape index (κ2) is 7.82. The Morgan fingerprint density at radius 3 is 2.40 bits per heavy atom. The van der Waals surface area contributed by atoms with E-state index in [1.807, 2.05) is 41.7 Å². The number of aryl methyl sites for hydroxylation is 1. The highest BCUT2D eigenvalue weighted by molar-refractivity contribution is 7.98. The van der Waals surface area contributed by atoms with E-state index in [-0.39, 0.29) is 6.54 Å². The number of hydrogen-bond acceptors (Lipinski definition) is 6. The van der Waals surface area contributed by atoms with Crippen LogP contribution in [0, 0.1) is 0 Å². The Morgan fingerprint density at radius 1 is 1.10 bits per heavy atom. The lowest BCUT2D eigenvalue weighted by molar-refractivity contribution is 0.386. The van der Waals surface area contributed by atoms with Crippen LogP contribution in [0.4, 0.5) is 0 Å². The van der Waals surface area contributed by atoms with Crippen LogP contribution in [-0.4, -0.2) is 50.1 Å². The smallest absolute Gasteiger partial charge is 0.243 e. The number of benzene rings is 1. The molecule has 0 saturated heterocycles. The molecule has 3 aromatic rings. The molecule has 2 aromatic heterocycles. The van der Waals surface area contributed by atoms with Gasteiger partial charge in [0, 0.05) is 44.9 Å². The van der Waals surface area contributed by atoms with Crippen molar-refractivity contribution in [3.05, 3.63) is 41.1 Å². The zero-order valence-corrected chi connectivity index (χ0v) is 19.5. The molecular formula is C20H26N6O2S2. The van der Waals surface area contributed by atoms with Gasteiger partial charge in [0.2, 0.25) is 10.0 Å². The molecule has 3 heterocycles. The Morgan fingerprint density at radius 2 is 1.80 bits per heavy atom. The highest BCUT2D eigenvalue weighted by Gasteiger charge is 2.33. The number of hydrogen-bond donors (Lipinski definition) is 0. The van der Waals surface area contributed by atoms with Gasteiger partial charge in [-0.15, -0.1) is 10.2 Å². The van der Waals surface area contributed by atoms with Crippen molar-refractivity contribution in [2.24, 2.45) is 14.1 Å². The molecule has 0 spiro atoms. The van der Waals surface area contributed by atoms with E-state index in [4.69, 9.17) is 0 Å². The molecule has 0 N–H and O–H groups in total. The molecule has 0 radical (unpaired) electrons. The summed E-state index contributed by atoms with van der Waals surface area (Å²) in [7, 11) is 0.193. The van der Waals surface area contributed by atoms with Gasteiger partial charge in [-0.05, 0) is 29.9 Å².